The van der Waals surface area contributed by atoms with Crippen molar-refractivity contribution in [3.8, 4) is 0 Å². The van der Waals surface area contributed by atoms with E-state index in [1.54, 1.807) is 12.3 Å². The van der Waals surface area contributed by atoms with Gasteiger partial charge in [-0.1, -0.05) is 52.2 Å². The zero-order valence-corrected chi connectivity index (χ0v) is 20.5. The maximum atomic E-state index is 13.6. The van der Waals surface area contributed by atoms with Crippen LogP contribution in [0.3, 0.4) is 0 Å². The largest absolute Gasteiger partial charge is 0.362 e. The van der Waals surface area contributed by atoms with Crippen molar-refractivity contribution < 1.29 is 13.2 Å². The van der Waals surface area contributed by atoms with Crippen molar-refractivity contribution in [2.24, 2.45) is 15.6 Å². The topological polar surface area (TPSA) is 88.0 Å². The third-order valence-corrected chi connectivity index (χ3v) is 10.2. The molecule has 0 radical (unpaired) electrons. The molecule has 176 valence electrons. The Balaban J connectivity index is 1.68. The monoisotopic (exact) mass is 467 g/mol. The summed E-state index contributed by atoms with van der Waals surface area (Å²) < 4.78 is 27.1. The first-order valence-corrected chi connectivity index (χ1v) is 13.7. The summed E-state index contributed by atoms with van der Waals surface area (Å²) in [6.07, 6.45) is 7.81. The number of hydrogen-bond acceptors (Lipinski definition) is 6. The van der Waals surface area contributed by atoms with Gasteiger partial charge < -0.3 is 5.32 Å². The molecule has 0 amide bonds. The van der Waals surface area contributed by atoms with E-state index in [4.69, 9.17) is 0 Å². The summed E-state index contributed by atoms with van der Waals surface area (Å²) in [4.78, 5) is 14.0. The summed E-state index contributed by atoms with van der Waals surface area (Å²) in [5, 5.41) is 11.8. The van der Waals surface area contributed by atoms with E-state index >= 15 is 0 Å². The highest BCUT2D eigenvalue weighted by atomic mass is 32.2. The normalized spacial score (nSPS) is 29.4. The summed E-state index contributed by atoms with van der Waals surface area (Å²) in [5.41, 5.74) is 2.64. The van der Waals surface area contributed by atoms with Gasteiger partial charge in [0.2, 0.25) is 0 Å². The van der Waals surface area contributed by atoms with E-state index in [9.17, 15) is 13.2 Å². The number of rotatable bonds is 4. The second kappa shape index (κ2) is 7.90. The molecule has 1 aromatic carbocycles. The summed E-state index contributed by atoms with van der Waals surface area (Å²) in [6.45, 7) is 6.30. The Labute approximate surface area is 196 Å². The van der Waals surface area contributed by atoms with Crippen molar-refractivity contribution in [3.63, 3.8) is 0 Å². The molecular formula is C26H33N3O3S. The van der Waals surface area contributed by atoms with Crippen LogP contribution in [-0.2, 0) is 20.0 Å². The van der Waals surface area contributed by atoms with E-state index in [0.29, 0.717) is 17.7 Å². The van der Waals surface area contributed by atoms with Crippen LogP contribution in [0.25, 0.3) is 0 Å². The van der Waals surface area contributed by atoms with E-state index in [-0.39, 0.29) is 22.6 Å². The number of ketones is 1. The standard InChI is InChI=1S/C26H33N3O3S/c1-4-26(17-9-8-12-19(13-17)33(31,32)18-10-6-5-7-11-18)20-16-27-29-24(20)28-21-14-25(2,3)15-22(30)23(21)26/h8-9,12-13,16,18,24,28H,4-7,10-11,14-15H2,1-3H3/t24?,26-/m1/s1. The molecule has 2 aliphatic carbocycles. The van der Waals surface area contributed by atoms with Gasteiger partial charge in [-0.15, -0.1) is 0 Å². The molecule has 0 aromatic heterocycles. The number of carbonyl (C=O) groups excluding carboxylic acids is 1. The first kappa shape index (κ1) is 22.5. The molecule has 2 atom stereocenters. The quantitative estimate of drug-likeness (QED) is 0.645. The zero-order valence-electron chi connectivity index (χ0n) is 19.7. The fourth-order valence-corrected chi connectivity index (χ4v) is 8.29. The van der Waals surface area contributed by atoms with Gasteiger partial charge in [0.25, 0.3) is 0 Å². The Morgan fingerprint density at radius 2 is 1.88 bits per heavy atom. The average molecular weight is 468 g/mol. The van der Waals surface area contributed by atoms with Crippen LogP contribution in [0, 0.1) is 5.41 Å². The highest BCUT2D eigenvalue weighted by Gasteiger charge is 2.53. The van der Waals surface area contributed by atoms with E-state index in [2.05, 4.69) is 36.3 Å². The molecule has 2 heterocycles. The smallest absolute Gasteiger partial charge is 0.181 e. The minimum atomic E-state index is -3.42. The number of azo groups is 1. The van der Waals surface area contributed by atoms with Gasteiger partial charge >= 0.3 is 0 Å². The molecule has 1 fully saturated rings. The van der Waals surface area contributed by atoms with Gasteiger partial charge in [0.05, 0.1) is 21.8 Å². The van der Waals surface area contributed by atoms with E-state index in [1.807, 2.05) is 18.2 Å². The molecule has 7 heteroatoms. The van der Waals surface area contributed by atoms with Crippen molar-refractivity contribution in [1.82, 2.24) is 5.32 Å². The fourth-order valence-electron chi connectivity index (χ4n) is 6.40. The number of allylic oxidation sites excluding steroid dienone is 2. The lowest BCUT2D eigenvalue weighted by Crippen LogP contribution is -2.51. The molecule has 4 aliphatic rings. The highest BCUT2D eigenvalue weighted by molar-refractivity contribution is 7.92. The van der Waals surface area contributed by atoms with Crippen LogP contribution in [0.4, 0.5) is 0 Å². The highest BCUT2D eigenvalue weighted by Crippen LogP contribution is 2.54. The first-order chi connectivity index (χ1) is 15.7. The Morgan fingerprint density at radius 1 is 1.12 bits per heavy atom. The number of benzene rings is 1. The van der Waals surface area contributed by atoms with Crippen molar-refractivity contribution in [2.45, 2.75) is 93.9 Å². The van der Waals surface area contributed by atoms with Crippen molar-refractivity contribution in [2.75, 3.05) is 0 Å². The lowest BCUT2D eigenvalue weighted by atomic mass is 9.59. The number of hydrogen-bond donors (Lipinski definition) is 1. The average Bonchev–Trinajstić information content (AvgIpc) is 3.26. The number of nitrogens with one attached hydrogen (secondary N) is 1. The summed E-state index contributed by atoms with van der Waals surface area (Å²) >= 11 is 0. The van der Waals surface area contributed by atoms with Gasteiger partial charge in [0.1, 0.15) is 0 Å². The number of sulfone groups is 1. The first-order valence-electron chi connectivity index (χ1n) is 12.2. The van der Waals surface area contributed by atoms with Gasteiger partial charge in [-0.2, -0.15) is 10.2 Å². The molecule has 1 aromatic rings. The molecule has 1 unspecified atom stereocenters. The van der Waals surface area contributed by atoms with E-state index in [1.165, 1.54) is 0 Å². The molecule has 2 aliphatic heterocycles. The summed E-state index contributed by atoms with van der Waals surface area (Å²) in [5.74, 6) is 0.127. The van der Waals surface area contributed by atoms with Crippen molar-refractivity contribution >= 4 is 15.6 Å². The van der Waals surface area contributed by atoms with Crippen LogP contribution in [-0.4, -0.2) is 25.6 Å². The Hall–Kier alpha value is -2.28. The van der Waals surface area contributed by atoms with Gasteiger partial charge in [-0.05, 0) is 48.8 Å². The molecule has 1 saturated carbocycles. The van der Waals surface area contributed by atoms with E-state index < -0.39 is 15.3 Å². The Bertz CT molecular complexity index is 1190. The summed E-state index contributed by atoms with van der Waals surface area (Å²) in [7, 11) is -3.42. The van der Waals surface area contributed by atoms with Gasteiger partial charge in [-0.3, -0.25) is 4.79 Å². The molecule has 1 N–H and O–H groups in total. The summed E-state index contributed by atoms with van der Waals surface area (Å²) in [6, 6.07) is 7.35. The maximum absolute atomic E-state index is 13.6. The molecule has 5 rings (SSSR count). The van der Waals surface area contributed by atoms with Crippen LogP contribution in [0.15, 0.2) is 62.4 Å². The number of Topliss-reactive ketones (excluding diaryl/α,β-unsaturated/α-hetero) is 1. The van der Waals surface area contributed by atoms with Crippen LogP contribution in [0.2, 0.25) is 0 Å². The predicted molar refractivity (Wildman–Crippen MR) is 127 cm³/mol. The Kier molecular flexibility index (Phi) is 5.39. The maximum Gasteiger partial charge on any atom is 0.181 e. The fraction of sp³-hybridized carbons (Fsp3) is 0.577. The van der Waals surface area contributed by atoms with Crippen LogP contribution in [0.5, 0.6) is 0 Å². The lowest BCUT2D eigenvalue weighted by Gasteiger charge is -2.47. The zero-order chi connectivity index (χ0) is 23.4. The molecule has 33 heavy (non-hydrogen) atoms. The molecule has 6 nitrogen and oxygen atoms in total. The second-order valence-corrected chi connectivity index (χ2v) is 13.0. The van der Waals surface area contributed by atoms with Crippen molar-refractivity contribution in [3.05, 3.63) is 52.9 Å². The molecule has 0 bridgehead atoms. The second-order valence-electron chi connectivity index (χ2n) is 10.7. The lowest BCUT2D eigenvalue weighted by molar-refractivity contribution is -0.119. The van der Waals surface area contributed by atoms with Crippen LogP contribution < -0.4 is 5.32 Å². The van der Waals surface area contributed by atoms with Crippen LogP contribution >= 0.6 is 0 Å². The van der Waals surface area contributed by atoms with E-state index in [0.717, 1.165) is 60.9 Å². The number of nitrogens with zero attached hydrogens (tertiary/aromatic N) is 2. The minimum Gasteiger partial charge on any atom is -0.362 e. The molecular weight excluding hydrogens is 434 g/mol. The minimum absolute atomic E-state index is 0.127. The third-order valence-electron chi connectivity index (χ3n) is 7.96. The van der Waals surface area contributed by atoms with Gasteiger partial charge in [0.15, 0.2) is 21.8 Å². The van der Waals surface area contributed by atoms with Gasteiger partial charge in [-0.25, -0.2) is 8.42 Å². The number of fused-ring (bicyclic) bond motifs is 1. The van der Waals surface area contributed by atoms with Crippen molar-refractivity contribution in [1.29, 1.82) is 0 Å². The SMILES string of the molecule is CC[C@@]1(c2cccc(S(=O)(=O)C3CCCCC3)c2)C2=CN=NC2NC2=C1C(=O)CC(C)(C)C2. The number of carbonyl (C=O) groups is 1. The Morgan fingerprint density at radius 3 is 2.61 bits per heavy atom. The third kappa shape index (κ3) is 3.50. The predicted octanol–water partition coefficient (Wildman–Crippen LogP) is 5.36. The molecule has 0 saturated heterocycles. The van der Waals surface area contributed by atoms with Crippen LogP contribution in [0.1, 0.15) is 77.7 Å². The molecule has 0 spiro atoms. The van der Waals surface area contributed by atoms with Gasteiger partial charge in [0, 0.05) is 23.3 Å².